The Hall–Kier alpha value is -2.07. The van der Waals surface area contributed by atoms with E-state index in [2.05, 4.69) is 10.3 Å². The number of nitrogens with one attached hydrogen (secondary N) is 1. The zero-order valence-electron chi connectivity index (χ0n) is 11.4. The van der Waals surface area contributed by atoms with E-state index in [-0.39, 0.29) is 18.3 Å². The highest BCUT2D eigenvalue weighted by molar-refractivity contribution is 5.93. The minimum absolute atomic E-state index is 0. The number of hydrogen-bond acceptors (Lipinski definition) is 3. The van der Waals surface area contributed by atoms with Crippen LogP contribution in [0.3, 0.4) is 0 Å². The first-order valence-corrected chi connectivity index (χ1v) is 6.02. The molecule has 0 radical (unpaired) electrons. The number of rotatable bonds is 4. The van der Waals surface area contributed by atoms with E-state index in [0.29, 0.717) is 12.1 Å². The number of methoxy groups -OCH3 is 1. The third-order valence-electron chi connectivity index (χ3n) is 2.82. The van der Waals surface area contributed by atoms with Gasteiger partial charge in [0.25, 0.3) is 5.91 Å². The first-order chi connectivity index (χ1) is 9.20. The highest BCUT2D eigenvalue weighted by Crippen LogP contribution is 2.19. The van der Waals surface area contributed by atoms with Crippen LogP contribution in [0, 0.1) is 6.92 Å². The molecule has 0 bridgehead atoms. The van der Waals surface area contributed by atoms with Crippen molar-refractivity contribution in [3.05, 3.63) is 59.4 Å². The van der Waals surface area contributed by atoms with Crippen molar-refractivity contribution in [2.75, 3.05) is 7.11 Å². The van der Waals surface area contributed by atoms with Crippen LogP contribution in [0.1, 0.15) is 21.5 Å². The Kier molecular flexibility index (Phi) is 6.00. The molecular weight excluding hydrogens is 276 g/mol. The highest BCUT2D eigenvalue weighted by atomic mass is 35.5. The minimum Gasteiger partial charge on any atom is -0.496 e. The molecule has 0 atom stereocenters. The van der Waals surface area contributed by atoms with Gasteiger partial charge in [-0.25, -0.2) is 0 Å². The Balaban J connectivity index is 0.00000200. The van der Waals surface area contributed by atoms with E-state index in [9.17, 15) is 4.79 Å². The zero-order chi connectivity index (χ0) is 13.7. The molecule has 1 N–H and O–H groups in total. The maximum atomic E-state index is 11.9. The molecule has 20 heavy (non-hydrogen) atoms. The van der Waals surface area contributed by atoms with Crippen LogP contribution in [0.5, 0.6) is 5.75 Å². The Morgan fingerprint density at radius 2 is 1.95 bits per heavy atom. The molecule has 0 aliphatic rings. The molecule has 2 aromatic rings. The summed E-state index contributed by atoms with van der Waals surface area (Å²) in [6.45, 7) is 2.44. The number of nitrogens with zero attached hydrogens (tertiary/aromatic N) is 1. The maximum Gasteiger partial charge on any atom is 0.251 e. The lowest BCUT2D eigenvalue weighted by Gasteiger charge is -2.10. The third kappa shape index (κ3) is 3.96. The Morgan fingerprint density at radius 1 is 1.25 bits per heavy atom. The average molecular weight is 293 g/mol. The summed E-state index contributed by atoms with van der Waals surface area (Å²) in [4.78, 5) is 15.8. The van der Waals surface area contributed by atoms with Gasteiger partial charge in [-0.2, -0.15) is 0 Å². The van der Waals surface area contributed by atoms with E-state index in [4.69, 9.17) is 4.74 Å². The number of ether oxygens (including phenoxy) is 1. The van der Waals surface area contributed by atoms with E-state index < -0.39 is 0 Å². The number of benzene rings is 1. The van der Waals surface area contributed by atoms with Gasteiger partial charge in [0, 0.05) is 30.1 Å². The summed E-state index contributed by atoms with van der Waals surface area (Å²) in [7, 11) is 1.62. The molecule has 0 aliphatic heterocycles. The molecule has 0 saturated carbocycles. The van der Waals surface area contributed by atoms with Gasteiger partial charge in [-0.3, -0.25) is 9.78 Å². The van der Waals surface area contributed by atoms with E-state index in [0.717, 1.165) is 16.9 Å². The molecule has 1 aromatic heterocycles. The topological polar surface area (TPSA) is 51.2 Å². The standard InChI is InChI=1S/C15H16N2O2.ClH/c1-11-3-4-14(19-2)13(9-11)10-17-15(18)12-5-7-16-8-6-12;/h3-9H,10H2,1-2H3,(H,17,18);1H. The van der Waals surface area contributed by atoms with Crippen LogP contribution in [-0.4, -0.2) is 18.0 Å². The second-order valence-electron chi connectivity index (χ2n) is 4.23. The molecule has 0 unspecified atom stereocenters. The molecule has 2 rings (SSSR count). The zero-order valence-corrected chi connectivity index (χ0v) is 12.2. The fourth-order valence-electron chi connectivity index (χ4n) is 1.83. The van der Waals surface area contributed by atoms with Crippen LogP contribution in [0.25, 0.3) is 0 Å². The van der Waals surface area contributed by atoms with Crippen LogP contribution in [0.15, 0.2) is 42.7 Å². The van der Waals surface area contributed by atoms with E-state index >= 15 is 0 Å². The number of aryl methyl sites for hydroxylation is 1. The van der Waals surface area contributed by atoms with Gasteiger partial charge in [-0.1, -0.05) is 17.7 Å². The van der Waals surface area contributed by atoms with E-state index in [1.807, 2.05) is 25.1 Å². The van der Waals surface area contributed by atoms with Crippen molar-refractivity contribution >= 4 is 18.3 Å². The fourth-order valence-corrected chi connectivity index (χ4v) is 1.83. The Labute approximate surface area is 124 Å². The van der Waals surface area contributed by atoms with Crippen LogP contribution in [0.4, 0.5) is 0 Å². The van der Waals surface area contributed by atoms with Crippen LogP contribution in [0.2, 0.25) is 0 Å². The van der Waals surface area contributed by atoms with Crippen molar-refractivity contribution in [2.24, 2.45) is 0 Å². The molecule has 0 fully saturated rings. The molecule has 1 heterocycles. The van der Waals surface area contributed by atoms with Crippen molar-refractivity contribution in [3.63, 3.8) is 0 Å². The van der Waals surface area contributed by atoms with Crippen molar-refractivity contribution in [3.8, 4) is 5.75 Å². The minimum atomic E-state index is -0.119. The number of amides is 1. The molecule has 0 aliphatic carbocycles. The summed E-state index contributed by atoms with van der Waals surface area (Å²) in [5.74, 6) is 0.659. The summed E-state index contributed by atoms with van der Waals surface area (Å²) in [5, 5.41) is 2.87. The molecule has 1 amide bonds. The summed E-state index contributed by atoms with van der Waals surface area (Å²) in [6.07, 6.45) is 3.20. The predicted octanol–water partition coefficient (Wildman–Crippen LogP) is 2.75. The summed E-state index contributed by atoms with van der Waals surface area (Å²) in [6, 6.07) is 9.26. The van der Waals surface area contributed by atoms with Gasteiger partial charge in [0.15, 0.2) is 0 Å². The Morgan fingerprint density at radius 3 is 2.60 bits per heavy atom. The lowest BCUT2D eigenvalue weighted by atomic mass is 10.1. The quantitative estimate of drug-likeness (QED) is 0.943. The van der Waals surface area contributed by atoms with Gasteiger partial charge in [-0.15, -0.1) is 12.4 Å². The molecule has 0 spiro atoms. The van der Waals surface area contributed by atoms with Gasteiger partial charge < -0.3 is 10.1 Å². The van der Waals surface area contributed by atoms with E-state index in [1.54, 1.807) is 31.6 Å². The maximum absolute atomic E-state index is 11.9. The van der Waals surface area contributed by atoms with Crippen LogP contribution in [-0.2, 0) is 6.54 Å². The fraction of sp³-hybridized carbons (Fsp3) is 0.200. The number of carbonyl (C=O) groups is 1. The number of halogens is 1. The van der Waals surface area contributed by atoms with Gasteiger partial charge in [0.2, 0.25) is 0 Å². The number of aromatic nitrogens is 1. The second-order valence-corrected chi connectivity index (χ2v) is 4.23. The first kappa shape index (κ1) is 16.0. The normalized spacial score (nSPS) is 9.50. The largest absolute Gasteiger partial charge is 0.496 e. The summed E-state index contributed by atoms with van der Waals surface area (Å²) < 4.78 is 5.28. The van der Waals surface area contributed by atoms with Gasteiger partial charge >= 0.3 is 0 Å². The molecule has 4 nitrogen and oxygen atoms in total. The molecule has 5 heteroatoms. The Bertz CT molecular complexity index is 573. The highest BCUT2D eigenvalue weighted by Gasteiger charge is 2.07. The van der Waals surface area contributed by atoms with Crippen molar-refractivity contribution in [1.82, 2.24) is 10.3 Å². The summed E-state index contributed by atoms with van der Waals surface area (Å²) >= 11 is 0. The first-order valence-electron chi connectivity index (χ1n) is 6.02. The van der Waals surface area contributed by atoms with Crippen LogP contribution < -0.4 is 10.1 Å². The van der Waals surface area contributed by atoms with Gasteiger partial charge in [0.1, 0.15) is 5.75 Å². The summed E-state index contributed by atoms with van der Waals surface area (Å²) in [5.41, 5.74) is 2.69. The monoisotopic (exact) mass is 292 g/mol. The number of pyridine rings is 1. The molecule has 1 aromatic carbocycles. The SMILES string of the molecule is COc1ccc(C)cc1CNC(=O)c1ccncc1.Cl. The molecule has 0 saturated heterocycles. The predicted molar refractivity (Wildman–Crippen MR) is 80.4 cm³/mol. The third-order valence-corrected chi connectivity index (χ3v) is 2.82. The van der Waals surface area contributed by atoms with Crippen molar-refractivity contribution < 1.29 is 9.53 Å². The molecular formula is C15H17ClN2O2. The molecule has 106 valence electrons. The van der Waals surface area contributed by atoms with Gasteiger partial charge in [0.05, 0.1) is 7.11 Å². The van der Waals surface area contributed by atoms with Crippen molar-refractivity contribution in [1.29, 1.82) is 0 Å². The smallest absolute Gasteiger partial charge is 0.251 e. The van der Waals surface area contributed by atoms with E-state index in [1.165, 1.54) is 0 Å². The van der Waals surface area contributed by atoms with Crippen molar-refractivity contribution in [2.45, 2.75) is 13.5 Å². The number of carbonyl (C=O) groups excluding carboxylic acids is 1. The number of hydrogen-bond donors (Lipinski definition) is 1. The lowest BCUT2D eigenvalue weighted by Crippen LogP contribution is -2.23. The lowest BCUT2D eigenvalue weighted by molar-refractivity contribution is 0.0950. The van der Waals surface area contributed by atoms with Crippen LogP contribution >= 0.6 is 12.4 Å². The average Bonchev–Trinajstić information content (AvgIpc) is 2.46. The van der Waals surface area contributed by atoms with Gasteiger partial charge in [-0.05, 0) is 25.1 Å². The second kappa shape index (κ2) is 7.50.